The largest absolute Gasteiger partial charge is 0.496 e. The molecule has 0 bridgehead atoms. The molecule has 1 aromatic rings. The number of anilines is 2. The Bertz CT molecular complexity index is 728. The Morgan fingerprint density at radius 3 is 2.44 bits per heavy atom. The first-order chi connectivity index (χ1) is 12.8. The summed E-state index contributed by atoms with van der Waals surface area (Å²) in [5.74, 6) is -1.02. The van der Waals surface area contributed by atoms with E-state index in [0.29, 0.717) is 11.4 Å². The molecule has 7 nitrogen and oxygen atoms in total. The fourth-order valence-electron chi connectivity index (χ4n) is 2.64. The summed E-state index contributed by atoms with van der Waals surface area (Å²) in [4.78, 5) is 14.4. The number of carbonyl (C=O) groups excluding carboxylic acids is 1. The van der Waals surface area contributed by atoms with Gasteiger partial charge in [-0.1, -0.05) is 0 Å². The van der Waals surface area contributed by atoms with Crippen molar-refractivity contribution in [1.82, 2.24) is 5.32 Å². The monoisotopic (exact) mass is 380 g/mol. The van der Waals surface area contributed by atoms with Crippen molar-refractivity contribution >= 4 is 17.3 Å². The van der Waals surface area contributed by atoms with E-state index in [2.05, 4.69) is 15.0 Å². The molecule has 1 aromatic carbocycles. The van der Waals surface area contributed by atoms with Gasteiger partial charge in [-0.2, -0.15) is 0 Å². The first kappa shape index (κ1) is 22.1. The molecule has 0 radical (unpaired) electrons. The van der Waals surface area contributed by atoms with Gasteiger partial charge in [0.05, 0.1) is 25.6 Å². The summed E-state index contributed by atoms with van der Waals surface area (Å²) in [5.41, 5.74) is 13.8. The number of nitrogens with two attached hydrogens (primary N) is 2. The van der Waals surface area contributed by atoms with Gasteiger partial charge in [0.1, 0.15) is 5.75 Å². The lowest BCUT2D eigenvalue weighted by molar-refractivity contribution is -0.117. The summed E-state index contributed by atoms with van der Waals surface area (Å²) >= 11 is 0. The molecule has 5 N–H and O–H groups in total. The summed E-state index contributed by atoms with van der Waals surface area (Å²) in [5, 5.41) is 2.77. The average molecular weight is 380 g/mol. The van der Waals surface area contributed by atoms with Crippen LogP contribution in [0.15, 0.2) is 35.5 Å². The number of benzene rings is 1. The first-order valence-electron chi connectivity index (χ1n) is 8.66. The van der Waals surface area contributed by atoms with Crippen molar-refractivity contribution in [3.8, 4) is 5.75 Å². The number of nitrogens with one attached hydrogen (secondary N) is 1. The molecule has 0 heterocycles. The molecule has 8 heteroatoms. The molecule has 0 fully saturated rings. The Morgan fingerprint density at radius 2 is 1.93 bits per heavy atom. The highest BCUT2D eigenvalue weighted by atomic mass is 19.1. The second kappa shape index (κ2) is 10.3. The van der Waals surface area contributed by atoms with Crippen molar-refractivity contribution in [2.75, 3.05) is 37.9 Å². The zero-order valence-corrected chi connectivity index (χ0v) is 16.6. The Balaban J connectivity index is 3.13. The van der Waals surface area contributed by atoms with Crippen molar-refractivity contribution in [2.24, 2.45) is 5.73 Å². The standard InChI is InChI=1S/C19H29FN4O3/c1-6-24(7-2)17-13(16(26-4)9-8-15(17)21)11-23-19(25)12(3)10-14(20)18(22)27-5/h8-10H,6-7,11,21-22H2,1-5H3,(H,23,25)/b12-10+,18-14-. The fourth-order valence-corrected chi connectivity index (χ4v) is 2.64. The van der Waals surface area contributed by atoms with Crippen LogP contribution in [0.25, 0.3) is 0 Å². The minimum Gasteiger partial charge on any atom is -0.496 e. The molecule has 0 aliphatic carbocycles. The van der Waals surface area contributed by atoms with Crippen molar-refractivity contribution < 1.29 is 18.7 Å². The second-order valence-corrected chi connectivity index (χ2v) is 5.78. The highest BCUT2D eigenvalue weighted by Crippen LogP contribution is 2.35. The number of methoxy groups -OCH3 is 2. The first-order valence-corrected chi connectivity index (χ1v) is 8.66. The number of halogens is 1. The van der Waals surface area contributed by atoms with E-state index in [-0.39, 0.29) is 18.0 Å². The van der Waals surface area contributed by atoms with Gasteiger partial charge in [0.25, 0.3) is 0 Å². The maximum atomic E-state index is 13.7. The number of hydrogen-bond donors (Lipinski definition) is 3. The van der Waals surface area contributed by atoms with Gasteiger partial charge in [-0.3, -0.25) is 4.79 Å². The van der Waals surface area contributed by atoms with Crippen molar-refractivity contribution in [1.29, 1.82) is 0 Å². The van der Waals surface area contributed by atoms with Crippen LogP contribution in [-0.2, 0) is 16.1 Å². The predicted molar refractivity (Wildman–Crippen MR) is 106 cm³/mol. The Labute approximate surface area is 159 Å². The van der Waals surface area contributed by atoms with Crippen LogP contribution in [0, 0.1) is 0 Å². The molecule has 1 amide bonds. The third-order valence-corrected chi connectivity index (χ3v) is 4.15. The molecule has 150 valence electrons. The van der Waals surface area contributed by atoms with Crippen LogP contribution in [0.3, 0.4) is 0 Å². The molecule has 0 spiro atoms. The lowest BCUT2D eigenvalue weighted by atomic mass is 10.1. The van der Waals surface area contributed by atoms with E-state index < -0.39 is 11.7 Å². The number of allylic oxidation sites excluding steroid dienone is 2. The zero-order chi connectivity index (χ0) is 20.6. The normalized spacial score (nSPS) is 12.3. The lowest BCUT2D eigenvalue weighted by Gasteiger charge is -2.27. The van der Waals surface area contributed by atoms with E-state index in [1.807, 2.05) is 13.8 Å². The molecule has 0 saturated heterocycles. The Hall–Kier alpha value is -2.90. The topological polar surface area (TPSA) is 103 Å². The molecule has 0 saturated carbocycles. The number of hydrogen-bond acceptors (Lipinski definition) is 6. The molecule has 27 heavy (non-hydrogen) atoms. The van der Waals surface area contributed by atoms with Gasteiger partial charge in [0.2, 0.25) is 11.8 Å². The van der Waals surface area contributed by atoms with Crippen LogP contribution in [0.5, 0.6) is 5.75 Å². The molecular weight excluding hydrogens is 351 g/mol. The number of nitrogens with zero attached hydrogens (tertiary/aromatic N) is 1. The number of carbonyl (C=O) groups is 1. The van der Waals surface area contributed by atoms with Crippen LogP contribution in [0.4, 0.5) is 15.8 Å². The quantitative estimate of drug-likeness (QED) is 0.263. The van der Waals surface area contributed by atoms with Crippen LogP contribution in [0.1, 0.15) is 26.3 Å². The summed E-state index contributed by atoms with van der Waals surface area (Å²) < 4.78 is 23.8. The van der Waals surface area contributed by atoms with E-state index >= 15 is 0 Å². The highest BCUT2D eigenvalue weighted by molar-refractivity contribution is 5.93. The minimum atomic E-state index is -0.810. The predicted octanol–water partition coefficient (Wildman–Crippen LogP) is 2.43. The molecule has 0 unspecified atom stereocenters. The van der Waals surface area contributed by atoms with E-state index in [1.165, 1.54) is 14.0 Å². The number of amides is 1. The molecule has 0 atom stereocenters. The van der Waals surface area contributed by atoms with E-state index in [1.54, 1.807) is 19.2 Å². The van der Waals surface area contributed by atoms with Crippen LogP contribution < -0.4 is 26.4 Å². The van der Waals surface area contributed by atoms with Crippen molar-refractivity contribution in [3.63, 3.8) is 0 Å². The van der Waals surface area contributed by atoms with E-state index in [4.69, 9.17) is 16.2 Å². The van der Waals surface area contributed by atoms with Gasteiger partial charge in [0.15, 0.2) is 5.83 Å². The molecule has 0 aliphatic rings. The van der Waals surface area contributed by atoms with Gasteiger partial charge in [0, 0.05) is 30.8 Å². The molecular formula is C19H29FN4O3. The van der Waals surface area contributed by atoms with Gasteiger partial charge in [-0.05, 0) is 39.0 Å². The van der Waals surface area contributed by atoms with Crippen LogP contribution in [0.2, 0.25) is 0 Å². The van der Waals surface area contributed by atoms with Crippen LogP contribution >= 0.6 is 0 Å². The van der Waals surface area contributed by atoms with Gasteiger partial charge in [-0.25, -0.2) is 4.39 Å². The third-order valence-electron chi connectivity index (χ3n) is 4.15. The van der Waals surface area contributed by atoms with Gasteiger partial charge >= 0.3 is 0 Å². The molecule has 0 aliphatic heterocycles. The lowest BCUT2D eigenvalue weighted by Crippen LogP contribution is -2.28. The van der Waals surface area contributed by atoms with Crippen molar-refractivity contribution in [3.05, 3.63) is 41.1 Å². The Kier molecular flexibility index (Phi) is 8.44. The zero-order valence-electron chi connectivity index (χ0n) is 16.6. The second-order valence-electron chi connectivity index (χ2n) is 5.78. The summed E-state index contributed by atoms with van der Waals surface area (Å²) in [6.45, 7) is 7.20. The average Bonchev–Trinajstić information content (AvgIpc) is 2.67. The molecule has 0 aromatic heterocycles. The third kappa shape index (κ3) is 5.54. The van der Waals surface area contributed by atoms with E-state index in [0.717, 1.165) is 30.4 Å². The smallest absolute Gasteiger partial charge is 0.247 e. The fraction of sp³-hybridized carbons (Fsp3) is 0.421. The molecule has 1 rings (SSSR count). The van der Waals surface area contributed by atoms with Crippen molar-refractivity contribution in [2.45, 2.75) is 27.3 Å². The number of ether oxygens (including phenoxy) is 2. The summed E-state index contributed by atoms with van der Waals surface area (Å²) in [7, 11) is 2.81. The summed E-state index contributed by atoms with van der Waals surface area (Å²) in [6.07, 6.45) is 1.02. The maximum Gasteiger partial charge on any atom is 0.247 e. The Morgan fingerprint density at radius 1 is 1.30 bits per heavy atom. The maximum absolute atomic E-state index is 13.7. The van der Waals surface area contributed by atoms with Crippen LogP contribution in [-0.4, -0.2) is 33.2 Å². The minimum absolute atomic E-state index is 0.153. The van der Waals surface area contributed by atoms with Gasteiger partial charge in [-0.15, -0.1) is 0 Å². The van der Waals surface area contributed by atoms with E-state index in [9.17, 15) is 9.18 Å². The number of rotatable bonds is 9. The number of nitrogen functional groups attached to an aromatic ring is 1. The van der Waals surface area contributed by atoms with Gasteiger partial charge < -0.3 is 31.2 Å². The summed E-state index contributed by atoms with van der Waals surface area (Å²) in [6, 6.07) is 3.53. The highest BCUT2D eigenvalue weighted by Gasteiger charge is 2.18. The SMILES string of the molecule is CCN(CC)c1c(N)ccc(OC)c1CNC(=O)/C(C)=C/C(F)=C(\N)OC.